The van der Waals surface area contributed by atoms with E-state index in [0.29, 0.717) is 18.3 Å². The van der Waals surface area contributed by atoms with E-state index in [9.17, 15) is 0 Å². The van der Waals surface area contributed by atoms with Gasteiger partial charge in [0.25, 0.3) is 0 Å². The summed E-state index contributed by atoms with van der Waals surface area (Å²) in [6, 6.07) is 7.79. The highest BCUT2D eigenvalue weighted by molar-refractivity contribution is 6.31. The van der Waals surface area contributed by atoms with Crippen molar-refractivity contribution in [2.24, 2.45) is 0 Å². The van der Waals surface area contributed by atoms with Crippen LogP contribution in [-0.2, 0) is 6.54 Å². The second-order valence-electron chi connectivity index (χ2n) is 5.43. The van der Waals surface area contributed by atoms with Crippen LogP contribution < -0.4 is 10.6 Å². The van der Waals surface area contributed by atoms with E-state index in [2.05, 4.69) is 19.9 Å². The molecule has 0 aliphatic rings. The maximum Gasteiger partial charge on any atom is 0.229 e. The Labute approximate surface area is 135 Å². The van der Waals surface area contributed by atoms with Crippen molar-refractivity contribution in [3.05, 3.63) is 40.7 Å². The van der Waals surface area contributed by atoms with E-state index in [1.807, 2.05) is 57.2 Å². The second-order valence-corrected chi connectivity index (χ2v) is 5.84. The summed E-state index contributed by atoms with van der Waals surface area (Å²) in [4.78, 5) is 16.8. The van der Waals surface area contributed by atoms with Crippen LogP contribution in [0.15, 0.2) is 24.3 Å². The molecule has 0 aliphatic carbocycles. The highest BCUT2D eigenvalue weighted by Gasteiger charge is 2.18. The molecule has 1 atom stereocenters. The molecule has 2 rings (SSSR count). The Balaban J connectivity index is 2.20. The lowest BCUT2D eigenvalue weighted by atomic mass is 10.2. The summed E-state index contributed by atoms with van der Waals surface area (Å²) < 4.78 is 0. The monoisotopic (exact) mass is 320 g/mol. The molecular weight excluding hydrogens is 300 g/mol. The molecule has 6 nitrogen and oxygen atoms in total. The van der Waals surface area contributed by atoms with Crippen LogP contribution in [0.1, 0.15) is 24.4 Å². The number of anilines is 2. The van der Waals surface area contributed by atoms with Gasteiger partial charge in [0.1, 0.15) is 0 Å². The summed E-state index contributed by atoms with van der Waals surface area (Å²) >= 11 is 6.22. The Hall–Kier alpha value is -1.92. The Bertz CT molecular complexity index is 646. The van der Waals surface area contributed by atoms with E-state index in [-0.39, 0.29) is 12.0 Å². The molecule has 22 heavy (non-hydrogen) atoms. The number of nitrogens with zero attached hydrogens (tertiary/aromatic N) is 5. The summed E-state index contributed by atoms with van der Waals surface area (Å²) in [5.41, 5.74) is 6.85. The van der Waals surface area contributed by atoms with Gasteiger partial charge in [0.05, 0.1) is 6.04 Å². The first kappa shape index (κ1) is 16.5. The normalized spacial score (nSPS) is 12.5. The van der Waals surface area contributed by atoms with Gasteiger partial charge in [-0.15, -0.1) is 0 Å². The summed E-state index contributed by atoms with van der Waals surface area (Å²) in [5, 5.41) is 0.755. The van der Waals surface area contributed by atoms with Crippen LogP contribution in [0.2, 0.25) is 5.02 Å². The summed E-state index contributed by atoms with van der Waals surface area (Å²) in [6.07, 6.45) is 0. The van der Waals surface area contributed by atoms with Crippen molar-refractivity contribution in [1.29, 1.82) is 0 Å². The molecule has 0 bridgehead atoms. The average molecular weight is 321 g/mol. The van der Waals surface area contributed by atoms with E-state index >= 15 is 0 Å². The average Bonchev–Trinajstić information content (AvgIpc) is 2.48. The van der Waals surface area contributed by atoms with Crippen LogP contribution in [0.3, 0.4) is 0 Å². The summed E-state index contributed by atoms with van der Waals surface area (Å²) in [6.45, 7) is 2.73. The molecule has 0 aliphatic heterocycles. The molecule has 7 heteroatoms. The van der Waals surface area contributed by atoms with Gasteiger partial charge in [-0.05, 0) is 25.6 Å². The first-order chi connectivity index (χ1) is 10.4. The summed E-state index contributed by atoms with van der Waals surface area (Å²) in [5.74, 6) is 1.43. The topological polar surface area (TPSA) is 71.2 Å². The highest BCUT2D eigenvalue weighted by Crippen LogP contribution is 2.22. The minimum atomic E-state index is -0.0136. The third kappa shape index (κ3) is 3.84. The first-order valence-corrected chi connectivity index (χ1v) is 7.38. The molecular formula is C15H21ClN6. The maximum atomic E-state index is 6.22. The molecule has 1 aromatic carbocycles. The SMILES string of the molecule is CC(c1nc(N)nc(N(C)C)n1)N(C)Cc1ccccc1Cl. The quantitative estimate of drug-likeness (QED) is 0.912. The summed E-state index contributed by atoms with van der Waals surface area (Å²) in [7, 11) is 5.75. The number of halogens is 1. The molecule has 0 fully saturated rings. The van der Waals surface area contributed by atoms with Crippen LogP contribution in [0.25, 0.3) is 0 Å². The van der Waals surface area contributed by atoms with Gasteiger partial charge in [-0.2, -0.15) is 15.0 Å². The Morgan fingerprint density at radius 2 is 1.82 bits per heavy atom. The molecule has 1 aromatic heterocycles. The van der Waals surface area contributed by atoms with E-state index in [1.54, 1.807) is 0 Å². The van der Waals surface area contributed by atoms with Gasteiger partial charge in [-0.25, -0.2) is 0 Å². The van der Waals surface area contributed by atoms with Gasteiger partial charge in [-0.1, -0.05) is 29.8 Å². The van der Waals surface area contributed by atoms with Crippen LogP contribution in [0.5, 0.6) is 0 Å². The fraction of sp³-hybridized carbons (Fsp3) is 0.400. The van der Waals surface area contributed by atoms with Crippen LogP contribution in [-0.4, -0.2) is 41.0 Å². The van der Waals surface area contributed by atoms with E-state index in [4.69, 9.17) is 17.3 Å². The van der Waals surface area contributed by atoms with Gasteiger partial charge in [0.2, 0.25) is 11.9 Å². The second kappa shape index (κ2) is 6.89. The van der Waals surface area contributed by atoms with Crippen molar-refractivity contribution in [2.75, 3.05) is 31.8 Å². The van der Waals surface area contributed by atoms with Crippen molar-refractivity contribution in [2.45, 2.75) is 19.5 Å². The Kier molecular flexibility index (Phi) is 5.15. The van der Waals surface area contributed by atoms with Crippen molar-refractivity contribution >= 4 is 23.5 Å². The fourth-order valence-corrected chi connectivity index (χ4v) is 2.21. The maximum absolute atomic E-state index is 6.22. The molecule has 2 N–H and O–H groups in total. The molecule has 0 spiro atoms. The zero-order valence-corrected chi connectivity index (χ0v) is 14.0. The van der Waals surface area contributed by atoms with E-state index in [1.165, 1.54) is 0 Å². The van der Waals surface area contributed by atoms with Gasteiger partial charge in [0.15, 0.2) is 5.82 Å². The van der Waals surface area contributed by atoms with E-state index in [0.717, 1.165) is 10.6 Å². The number of aromatic nitrogens is 3. The third-order valence-electron chi connectivity index (χ3n) is 3.47. The van der Waals surface area contributed by atoms with Crippen LogP contribution >= 0.6 is 11.6 Å². The minimum Gasteiger partial charge on any atom is -0.368 e. The van der Waals surface area contributed by atoms with Crippen molar-refractivity contribution in [3.63, 3.8) is 0 Å². The van der Waals surface area contributed by atoms with Crippen LogP contribution in [0.4, 0.5) is 11.9 Å². The van der Waals surface area contributed by atoms with Crippen molar-refractivity contribution < 1.29 is 0 Å². The fourth-order valence-electron chi connectivity index (χ4n) is 2.01. The van der Waals surface area contributed by atoms with Gasteiger partial charge in [0, 0.05) is 25.7 Å². The number of hydrogen-bond acceptors (Lipinski definition) is 6. The molecule has 0 saturated heterocycles. The van der Waals surface area contributed by atoms with E-state index < -0.39 is 0 Å². The van der Waals surface area contributed by atoms with Gasteiger partial charge >= 0.3 is 0 Å². The number of benzene rings is 1. The molecule has 0 saturated carbocycles. The molecule has 1 heterocycles. The molecule has 2 aromatic rings. The highest BCUT2D eigenvalue weighted by atomic mass is 35.5. The largest absolute Gasteiger partial charge is 0.368 e. The van der Waals surface area contributed by atoms with Crippen molar-refractivity contribution in [3.8, 4) is 0 Å². The zero-order chi connectivity index (χ0) is 16.3. The number of nitrogens with two attached hydrogens (primary N) is 1. The molecule has 118 valence electrons. The Morgan fingerprint density at radius 3 is 2.45 bits per heavy atom. The van der Waals surface area contributed by atoms with Crippen LogP contribution in [0, 0.1) is 0 Å². The first-order valence-electron chi connectivity index (χ1n) is 7.01. The van der Waals surface area contributed by atoms with Gasteiger partial charge in [-0.3, -0.25) is 4.90 Å². The minimum absolute atomic E-state index is 0.0136. The lowest BCUT2D eigenvalue weighted by Crippen LogP contribution is -2.25. The molecule has 0 radical (unpaired) electrons. The number of rotatable bonds is 5. The third-order valence-corrected chi connectivity index (χ3v) is 3.84. The van der Waals surface area contributed by atoms with Crippen molar-refractivity contribution in [1.82, 2.24) is 19.9 Å². The predicted molar refractivity (Wildman–Crippen MR) is 89.9 cm³/mol. The molecule has 0 amide bonds. The zero-order valence-electron chi connectivity index (χ0n) is 13.3. The molecule has 1 unspecified atom stereocenters. The predicted octanol–water partition coefficient (Wildman–Crippen LogP) is 2.37. The number of nitrogen functional groups attached to an aromatic ring is 1. The lowest BCUT2D eigenvalue weighted by Gasteiger charge is -2.24. The number of hydrogen-bond donors (Lipinski definition) is 1. The lowest BCUT2D eigenvalue weighted by molar-refractivity contribution is 0.243. The van der Waals surface area contributed by atoms with Gasteiger partial charge < -0.3 is 10.6 Å². The standard InChI is InChI=1S/C15H21ClN6/c1-10(13-18-14(17)20-15(19-13)21(2)3)22(4)9-11-7-5-6-8-12(11)16/h5-8,10H,9H2,1-4H3,(H2,17,18,19,20). The Morgan fingerprint density at radius 1 is 1.14 bits per heavy atom. The smallest absolute Gasteiger partial charge is 0.229 e.